The van der Waals surface area contributed by atoms with Gasteiger partial charge in [-0.05, 0) is 34.1 Å². The van der Waals surface area contributed by atoms with E-state index >= 15 is 0 Å². The van der Waals surface area contributed by atoms with Crippen LogP contribution in [-0.4, -0.2) is 31.5 Å². The van der Waals surface area contributed by atoms with Crippen molar-refractivity contribution < 1.29 is 9.47 Å². The van der Waals surface area contributed by atoms with Crippen molar-refractivity contribution in [2.45, 2.75) is 51.9 Å². The first-order valence-corrected chi connectivity index (χ1v) is 4.81. The lowest BCUT2D eigenvalue weighted by Gasteiger charge is -2.24. The van der Waals surface area contributed by atoms with Crippen molar-refractivity contribution in [2.24, 2.45) is 5.73 Å². The van der Waals surface area contributed by atoms with Gasteiger partial charge in [-0.15, -0.1) is 0 Å². The highest BCUT2D eigenvalue weighted by Gasteiger charge is 2.17. The molecule has 2 atom stereocenters. The molecule has 3 heteroatoms. The number of rotatable bonds is 6. The van der Waals surface area contributed by atoms with E-state index < -0.39 is 0 Å². The Morgan fingerprint density at radius 2 is 1.85 bits per heavy atom. The summed E-state index contributed by atoms with van der Waals surface area (Å²) in [4.78, 5) is 0. The summed E-state index contributed by atoms with van der Waals surface area (Å²) < 4.78 is 10.8. The first-order valence-electron chi connectivity index (χ1n) is 4.81. The molecule has 0 radical (unpaired) electrons. The van der Waals surface area contributed by atoms with Gasteiger partial charge >= 0.3 is 0 Å². The highest BCUT2D eigenvalue weighted by Crippen LogP contribution is 2.13. The van der Waals surface area contributed by atoms with E-state index in [1.165, 1.54) is 0 Å². The van der Waals surface area contributed by atoms with Crippen molar-refractivity contribution in [3.05, 3.63) is 0 Å². The topological polar surface area (TPSA) is 44.5 Å². The molecule has 0 aliphatic carbocycles. The highest BCUT2D eigenvalue weighted by atomic mass is 16.5. The molecular weight excluding hydrogens is 166 g/mol. The normalized spacial score (nSPS) is 17.1. The molecule has 0 saturated carbocycles. The minimum Gasteiger partial charge on any atom is -0.379 e. The fourth-order valence-corrected chi connectivity index (χ4v) is 0.744. The Morgan fingerprint density at radius 3 is 2.23 bits per heavy atom. The minimum atomic E-state index is -0.0996. The average Bonchev–Trinajstić information content (AvgIpc) is 2.04. The Bertz CT molecular complexity index is 135. The van der Waals surface area contributed by atoms with Gasteiger partial charge in [-0.2, -0.15) is 0 Å². The third kappa shape index (κ3) is 6.02. The summed E-state index contributed by atoms with van der Waals surface area (Å²) in [6.45, 7) is 8.74. The molecule has 0 aromatic rings. The molecule has 0 amide bonds. The molecule has 80 valence electrons. The number of ether oxygens (including phenoxy) is 2. The predicted octanol–water partition coefficient (Wildman–Crippen LogP) is 1.55. The predicted molar refractivity (Wildman–Crippen MR) is 54.8 cm³/mol. The lowest BCUT2D eigenvalue weighted by Crippen LogP contribution is -2.33. The molecular formula is C10H23NO2. The molecule has 2 unspecified atom stereocenters. The first-order chi connectivity index (χ1) is 5.89. The fraction of sp³-hybridized carbons (Fsp3) is 1.00. The maximum Gasteiger partial charge on any atom is 0.0695 e. The SMILES string of the molecule is COC(C)(C)CCOC(C)C(C)N. The van der Waals surface area contributed by atoms with Crippen LogP contribution in [0.4, 0.5) is 0 Å². The number of hydrogen-bond donors (Lipinski definition) is 1. The standard InChI is InChI=1S/C10H23NO2/c1-8(11)9(2)13-7-6-10(3,4)12-5/h8-9H,6-7,11H2,1-5H3. The van der Waals surface area contributed by atoms with Crippen LogP contribution >= 0.6 is 0 Å². The van der Waals surface area contributed by atoms with Gasteiger partial charge in [0.25, 0.3) is 0 Å². The van der Waals surface area contributed by atoms with E-state index in [2.05, 4.69) is 0 Å². The monoisotopic (exact) mass is 189 g/mol. The van der Waals surface area contributed by atoms with Crippen molar-refractivity contribution in [1.29, 1.82) is 0 Å². The lowest BCUT2D eigenvalue weighted by atomic mass is 10.1. The molecule has 0 rings (SSSR count). The van der Waals surface area contributed by atoms with Crippen LogP contribution in [-0.2, 0) is 9.47 Å². The minimum absolute atomic E-state index is 0.0886. The van der Waals surface area contributed by atoms with E-state index in [0.717, 1.165) is 6.42 Å². The van der Waals surface area contributed by atoms with Gasteiger partial charge in [0.15, 0.2) is 0 Å². The fourth-order valence-electron chi connectivity index (χ4n) is 0.744. The molecule has 0 saturated heterocycles. The molecule has 0 bridgehead atoms. The molecule has 13 heavy (non-hydrogen) atoms. The Balaban J connectivity index is 3.56. The second-order valence-electron chi connectivity index (χ2n) is 4.15. The van der Waals surface area contributed by atoms with Crippen LogP contribution in [0.15, 0.2) is 0 Å². The number of methoxy groups -OCH3 is 1. The summed E-state index contributed by atoms with van der Waals surface area (Å²) in [5.41, 5.74) is 5.56. The zero-order valence-corrected chi connectivity index (χ0v) is 9.46. The maximum absolute atomic E-state index is 5.66. The van der Waals surface area contributed by atoms with Crippen LogP contribution in [0, 0.1) is 0 Å². The smallest absolute Gasteiger partial charge is 0.0695 e. The Kier molecular flexibility index (Phi) is 5.53. The molecule has 0 spiro atoms. The molecule has 0 fully saturated rings. The zero-order valence-electron chi connectivity index (χ0n) is 9.46. The molecule has 0 heterocycles. The maximum atomic E-state index is 5.66. The van der Waals surface area contributed by atoms with Crippen LogP contribution in [0.2, 0.25) is 0 Å². The zero-order chi connectivity index (χ0) is 10.5. The van der Waals surface area contributed by atoms with Gasteiger partial charge < -0.3 is 15.2 Å². The second-order valence-corrected chi connectivity index (χ2v) is 4.15. The van der Waals surface area contributed by atoms with Crippen LogP contribution in [0.1, 0.15) is 34.1 Å². The van der Waals surface area contributed by atoms with E-state index in [-0.39, 0.29) is 17.7 Å². The van der Waals surface area contributed by atoms with Crippen molar-refractivity contribution in [2.75, 3.05) is 13.7 Å². The molecule has 0 aliphatic rings. The molecule has 2 N–H and O–H groups in total. The average molecular weight is 189 g/mol. The summed E-state index contributed by atoms with van der Waals surface area (Å²) in [7, 11) is 1.72. The van der Waals surface area contributed by atoms with E-state index in [9.17, 15) is 0 Å². The van der Waals surface area contributed by atoms with Crippen LogP contribution < -0.4 is 5.73 Å². The van der Waals surface area contributed by atoms with Crippen molar-refractivity contribution in [3.8, 4) is 0 Å². The second kappa shape index (κ2) is 5.58. The van der Waals surface area contributed by atoms with E-state index in [0.29, 0.717) is 6.61 Å². The summed E-state index contributed by atoms with van der Waals surface area (Å²) in [5.74, 6) is 0. The van der Waals surface area contributed by atoms with E-state index in [4.69, 9.17) is 15.2 Å². The van der Waals surface area contributed by atoms with Crippen molar-refractivity contribution in [3.63, 3.8) is 0 Å². The van der Waals surface area contributed by atoms with Gasteiger partial charge in [0.05, 0.1) is 11.7 Å². The lowest BCUT2D eigenvalue weighted by molar-refractivity contribution is -0.0267. The van der Waals surface area contributed by atoms with Gasteiger partial charge in [-0.1, -0.05) is 0 Å². The summed E-state index contributed by atoms with van der Waals surface area (Å²) in [5, 5.41) is 0. The van der Waals surface area contributed by atoms with Gasteiger partial charge in [0.1, 0.15) is 0 Å². The largest absolute Gasteiger partial charge is 0.379 e. The van der Waals surface area contributed by atoms with Crippen LogP contribution in [0.3, 0.4) is 0 Å². The third-order valence-corrected chi connectivity index (χ3v) is 2.38. The Morgan fingerprint density at radius 1 is 1.31 bits per heavy atom. The quantitative estimate of drug-likeness (QED) is 0.689. The summed E-state index contributed by atoms with van der Waals surface area (Å²) >= 11 is 0. The Labute approximate surface area is 81.6 Å². The van der Waals surface area contributed by atoms with Crippen molar-refractivity contribution in [1.82, 2.24) is 0 Å². The van der Waals surface area contributed by atoms with E-state index in [1.54, 1.807) is 7.11 Å². The van der Waals surface area contributed by atoms with Crippen LogP contribution in [0.5, 0.6) is 0 Å². The van der Waals surface area contributed by atoms with Crippen molar-refractivity contribution >= 4 is 0 Å². The third-order valence-electron chi connectivity index (χ3n) is 2.38. The van der Waals surface area contributed by atoms with E-state index in [1.807, 2.05) is 27.7 Å². The molecule has 0 aliphatic heterocycles. The molecule has 3 nitrogen and oxygen atoms in total. The van der Waals surface area contributed by atoms with Crippen LogP contribution in [0.25, 0.3) is 0 Å². The van der Waals surface area contributed by atoms with Gasteiger partial charge in [0.2, 0.25) is 0 Å². The van der Waals surface area contributed by atoms with Gasteiger partial charge in [0, 0.05) is 19.8 Å². The Hall–Kier alpha value is -0.120. The van der Waals surface area contributed by atoms with Gasteiger partial charge in [-0.3, -0.25) is 0 Å². The molecule has 0 aromatic carbocycles. The van der Waals surface area contributed by atoms with Gasteiger partial charge in [-0.25, -0.2) is 0 Å². The summed E-state index contributed by atoms with van der Waals surface area (Å²) in [6, 6.07) is 0.0886. The number of hydrogen-bond acceptors (Lipinski definition) is 3. The summed E-state index contributed by atoms with van der Waals surface area (Å²) in [6.07, 6.45) is 1.01. The molecule has 0 aromatic heterocycles. The highest BCUT2D eigenvalue weighted by molar-refractivity contribution is 4.68. The first kappa shape index (κ1) is 12.9. The number of nitrogens with two attached hydrogens (primary N) is 1.